The number of alkyl halides is 3. The Morgan fingerprint density at radius 1 is 1.50 bits per heavy atom. The second-order valence-corrected chi connectivity index (χ2v) is 3.42. The number of halogens is 3. The molecule has 0 bridgehead atoms. The molecule has 0 saturated carbocycles. The maximum atomic E-state index is 11.8. The van der Waals surface area contributed by atoms with Crippen LogP contribution in [0.15, 0.2) is 5.16 Å². The standard InChI is InChI=1S/C9H16F3N3O3/c1-2-15(4-3-7(13)14-17)8(16)5-18-6-9(10,11)12/h17H,2-6H2,1H3,(H2,13,14). The predicted molar refractivity (Wildman–Crippen MR) is 57.2 cm³/mol. The fourth-order valence-electron chi connectivity index (χ4n) is 1.10. The SMILES string of the molecule is CCN(CCC(N)=NO)C(=O)COCC(F)(F)F. The Hall–Kier alpha value is -1.51. The first-order valence-electron chi connectivity index (χ1n) is 5.18. The molecular formula is C9H16F3N3O3. The van der Waals surface area contributed by atoms with Gasteiger partial charge < -0.3 is 20.6 Å². The van der Waals surface area contributed by atoms with Crippen LogP contribution in [-0.4, -0.2) is 54.3 Å². The van der Waals surface area contributed by atoms with Crippen LogP contribution >= 0.6 is 0 Å². The maximum absolute atomic E-state index is 11.8. The van der Waals surface area contributed by atoms with Crippen molar-refractivity contribution in [2.45, 2.75) is 19.5 Å². The fourth-order valence-corrected chi connectivity index (χ4v) is 1.10. The first-order chi connectivity index (χ1) is 8.30. The largest absolute Gasteiger partial charge is 0.411 e. The molecule has 0 aromatic heterocycles. The van der Waals surface area contributed by atoms with E-state index in [1.165, 1.54) is 4.90 Å². The number of carbonyl (C=O) groups is 1. The van der Waals surface area contributed by atoms with Gasteiger partial charge in [-0.3, -0.25) is 4.79 Å². The summed E-state index contributed by atoms with van der Waals surface area (Å²) in [6.45, 7) is 0.00150. The number of oxime groups is 1. The maximum Gasteiger partial charge on any atom is 0.411 e. The van der Waals surface area contributed by atoms with Gasteiger partial charge in [-0.1, -0.05) is 5.16 Å². The third kappa shape index (κ3) is 7.71. The highest BCUT2D eigenvalue weighted by atomic mass is 19.4. The zero-order valence-corrected chi connectivity index (χ0v) is 9.90. The number of ether oxygens (including phenoxy) is 1. The Labute approximate surface area is 102 Å². The van der Waals surface area contributed by atoms with E-state index < -0.39 is 25.3 Å². The highest BCUT2D eigenvalue weighted by molar-refractivity contribution is 5.81. The molecule has 0 rings (SSSR count). The Bertz CT molecular complexity index is 295. The van der Waals surface area contributed by atoms with E-state index in [-0.39, 0.29) is 18.8 Å². The topological polar surface area (TPSA) is 88.1 Å². The van der Waals surface area contributed by atoms with Crippen LogP contribution in [0.25, 0.3) is 0 Å². The third-order valence-electron chi connectivity index (χ3n) is 1.99. The molecule has 0 aromatic rings. The molecule has 0 heterocycles. The van der Waals surface area contributed by atoms with E-state index in [0.29, 0.717) is 6.54 Å². The van der Waals surface area contributed by atoms with Crippen LogP contribution in [0.4, 0.5) is 13.2 Å². The Morgan fingerprint density at radius 2 is 2.11 bits per heavy atom. The molecule has 0 aliphatic rings. The van der Waals surface area contributed by atoms with E-state index in [4.69, 9.17) is 10.9 Å². The molecule has 106 valence electrons. The number of carbonyl (C=O) groups excluding carboxylic acids is 1. The summed E-state index contributed by atoms with van der Waals surface area (Å²) in [4.78, 5) is 12.7. The van der Waals surface area contributed by atoms with Crippen LogP contribution < -0.4 is 5.73 Å². The first-order valence-corrected chi connectivity index (χ1v) is 5.18. The number of hydrogen-bond acceptors (Lipinski definition) is 4. The van der Waals surface area contributed by atoms with Crippen molar-refractivity contribution >= 4 is 11.7 Å². The van der Waals surface area contributed by atoms with Gasteiger partial charge in [0, 0.05) is 19.5 Å². The predicted octanol–water partition coefficient (Wildman–Crippen LogP) is 0.550. The summed E-state index contributed by atoms with van der Waals surface area (Å²) in [5.41, 5.74) is 5.22. The lowest BCUT2D eigenvalue weighted by Gasteiger charge is -2.20. The van der Waals surface area contributed by atoms with Crippen LogP contribution in [0.1, 0.15) is 13.3 Å². The molecule has 3 N–H and O–H groups in total. The zero-order valence-electron chi connectivity index (χ0n) is 9.90. The molecular weight excluding hydrogens is 255 g/mol. The quantitative estimate of drug-likeness (QED) is 0.306. The minimum absolute atomic E-state index is 0.0579. The van der Waals surface area contributed by atoms with Gasteiger partial charge in [-0.15, -0.1) is 0 Å². The Balaban J connectivity index is 4.04. The van der Waals surface area contributed by atoms with Crippen LogP contribution in [-0.2, 0) is 9.53 Å². The van der Waals surface area contributed by atoms with Crippen molar-refractivity contribution in [3.05, 3.63) is 0 Å². The number of amidine groups is 1. The number of nitrogens with zero attached hydrogens (tertiary/aromatic N) is 2. The van der Waals surface area contributed by atoms with Gasteiger partial charge >= 0.3 is 6.18 Å². The van der Waals surface area contributed by atoms with Gasteiger partial charge in [0.15, 0.2) is 0 Å². The number of rotatable bonds is 7. The van der Waals surface area contributed by atoms with Crippen LogP contribution in [0, 0.1) is 0 Å². The molecule has 0 aromatic carbocycles. The highest BCUT2D eigenvalue weighted by Gasteiger charge is 2.28. The Kier molecular flexibility index (Phi) is 7.10. The molecule has 1 amide bonds. The summed E-state index contributed by atoms with van der Waals surface area (Å²) in [7, 11) is 0. The summed E-state index contributed by atoms with van der Waals surface area (Å²) >= 11 is 0. The van der Waals surface area contributed by atoms with Crippen molar-refractivity contribution in [3.8, 4) is 0 Å². The van der Waals surface area contributed by atoms with Gasteiger partial charge in [-0.05, 0) is 6.92 Å². The van der Waals surface area contributed by atoms with E-state index in [0.717, 1.165) is 0 Å². The number of likely N-dealkylation sites (N-methyl/N-ethyl adjacent to an activating group) is 1. The molecule has 0 spiro atoms. The molecule has 9 heteroatoms. The van der Waals surface area contributed by atoms with Gasteiger partial charge in [0.1, 0.15) is 19.0 Å². The first kappa shape index (κ1) is 16.5. The van der Waals surface area contributed by atoms with Crippen molar-refractivity contribution in [1.82, 2.24) is 4.90 Å². The minimum Gasteiger partial charge on any atom is -0.409 e. The van der Waals surface area contributed by atoms with E-state index >= 15 is 0 Å². The normalized spacial score (nSPS) is 12.6. The lowest BCUT2D eigenvalue weighted by atomic mass is 10.3. The average molecular weight is 271 g/mol. The smallest absolute Gasteiger partial charge is 0.409 e. The summed E-state index contributed by atoms with van der Waals surface area (Å²) in [6.07, 6.45) is -4.32. The molecule has 0 radical (unpaired) electrons. The lowest BCUT2D eigenvalue weighted by Crippen LogP contribution is -2.37. The summed E-state index contributed by atoms with van der Waals surface area (Å²) in [5, 5.41) is 11.0. The van der Waals surface area contributed by atoms with Crippen molar-refractivity contribution in [1.29, 1.82) is 0 Å². The molecule has 0 atom stereocenters. The van der Waals surface area contributed by atoms with Gasteiger partial charge in [0.2, 0.25) is 5.91 Å². The molecule has 0 saturated heterocycles. The molecule has 6 nitrogen and oxygen atoms in total. The average Bonchev–Trinajstić information content (AvgIpc) is 2.27. The minimum atomic E-state index is -4.45. The zero-order chi connectivity index (χ0) is 14.2. The number of amides is 1. The van der Waals surface area contributed by atoms with Crippen LogP contribution in [0.5, 0.6) is 0 Å². The van der Waals surface area contributed by atoms with E-state index in [1.807, 2.05) is 0 Å². The highest BCUT2D eigenvalue weighted by Crippen LogP contribution is 2.14. The molecule has 18 heavy (non-hydrogen) atoms. The van der Waals surface area contributed by atoms with Crippen LogP contribution in [0.2, 0.25) is 0 Å². The van der Waals surface area contributed by atoms with Crippen LogP contribution in [0.3, 0.4) is 0 Å². The van der Waals surface area contributed by atoms with Gasteiger partial charge in [-0.25, -0.2) is 0 Å². The summed E-state index contributed by atoms with van der Waals surface area (Å²) in [6, 6.07) is 0. The molecule has 0 aliphatic heterocycles. The number of hydrogen-bond donors (Lipinski definition) is 2. The van der Waals surface area contributed by atoms with Gasteiger partial charge in [0.25, 0.3) is 0 Å². The van der Waals surface area contributed by atoms with Gasteiger partial charge in [-0.2, -0.15) is 13.2 Å². The van der Waals surface area contributed by atoms with E-state index in [2.05, 4.69) is 9.89 Å². The third-order valence-corrected chi connectivity index (χ3v) is 1.99. The monoisotopic (exact) mass is 271 g/mol. The molecule has 0 unspecified atom stereocenters. The number of nitrogens with two attached hydrogens (primary N) is 1. The van der Waals surface area contributed by atoms with E-state index in [9.17, 15) is 18.0 Å². The lowest BCUT2D eigenvalue weighted by molar-refractivity contribution is -0.177. The van der Waals surface area contributed by atoms with Crippen molar-refractivity contribution < 1.29 is 27.9 Å². The Morgan fingerprint density at radius 3 is 2.56 bits per heavy atom. The molecule has 0 fully saturated rings. The van der Waals surface area contributed by atoms with Crippen molar-refractivity contribution in [2.75, 3.05) is 26.3 Å². The fraction of sp³-hybridized carbons (Fsp3) is 0.778. The van der Waals surface area contributed by atoms with Crippen molar-refractivity contribution in [2.24, 2.45) is 10.9 Å². The van der Waals surface area contributed by atoms with E-state index in [1.54, 1.807) is 6.92 Å². The van der Waals surface area contributed by atoms with Crippen molar-refractivity contribution in [3.63, 3.8) is 0 Å². The second kappa shape index (κ2) is 7.75. The summed E-state index contributed by atoms with van der Waals surface area (Å²) < 4.78 is 39.6. The molecule has 0 aliphatic carbocycles. The summed E-state index contributed by atoms with van der Waals surface area (Å²) in [5.74, 6) is -0.634. The van der Waals surface area contributed by atoms with Gasteiger partial charge in [0.05, 0.1) is 0 Å². The second-order valence-electron chi connectivity index (χ2n) is 3.42.